The van der Waals surface area contributed by atoms with E-state index in [1.54, 1.807) is 12.1 Å². The predicted molar refractivity (Wildman–Crippen MR) is 90.7 cm³/mol. The Bertz CT molecular complexity index is 634. The summed E-state index contributed by atoms with van der Waals surface area (Å²) in [5, 5.41) is 4.45. The van der Waals surface area contributed by atoms with Crippen LogP contribution in [-0.4, -0.2) is 6.54 Å². The van der Waals surface area contributed by atoms with Crippen molar-refractivity contribution in [2.45, 2.75) is 19.4 Å². The lowest BCUT2D eigenvalue weighted by atomic mass is 9.98. The van der Waals surface area contributed by atoms with Crippen LogP contribution in [0.15, 0.2) is 40.9 Å². The molecule has 0 bridgehead atoms. The van der Waals surface area contributed by atoms with Crippen molar-refractivity contribution in [3.05, 3.63) is 67.9 Å². The molecule has 1 nitrogen and oxygen atoms in total. The van der Waals surface area contributed by atoms with Crippen molar-refractivity contribution in [2.24, 2.45) is 0 Å². The van der Waals surface area contributed by atoms with E-state index in [0.29, 0.717) is 20.1 Å². The number of halogens is 4. The van der Waals surface area contributed by atoms with E-state index in [2.05, 4.69) is 28.2 Å². The van der Waals surface area contributed by atoms with E-state index in [-0.39, 0.29) is 11.9 Å². The maximum Gasteiger partial charge on any atom is 0.129 e. The molecule has 0 radical (unpaired) electrons. The van der Waals surface area contributed by atoms with Gasteiger partial charge in [-0.15, -0.1) is 0 Å². The standard InChI is InChI=1S/C16H15BrCl2FN/c1-2-6-21-16(10-4-3-5-11(18)7-10)12-8-14(19)13(17)9-15(12)20/h3-5,7-9,16,21H,2,6H2,1H3. The molecule has 0 aromatic heterocycles. The molecule has 2 aromatic carbocycles. The molecule has 2 rings (SSSR count). The minimum Gasteiger partial charge on any atom is -0.306 e. The Balaban J connectivity index is 2.47. The Morgan fingerprint density at radius 2 is 2.00 bits per heavy atom. The summed E-state index contributed by atoms with van der Waals surface area (Å²) in [4.78, 5) is 0. The van der Waals surface area contributed by atoms with Crippen molar-refractivity contribution in [2.75, 3.05) is 6.54 Å². The number of nitrogens with one attached hydrogen (secondary N) is 1. The molecule has 0 spiro atoms. The molecule has 112 valence electrons. The van der Waals surface area contributed by atoms with E-state index in [1.807, 2.05) is 18.2 Å². The van der Waals surface area contributed by atoms with Crippen molar-refractivity contribution in [3.63, 3.8) is 0 Å². The molecule has 2 aromatic rings. The van der Waals surface area contributed by atoms with Gasteiger partial charge in [0.2, 0.25) is 0 Å². The summed E-state index contributed by atoms with van der Waals surface area (Å²) in [6.45, 7) is 2.83. The van der Waals surface area contributed by atoms with Crippen LogP contribution in [0.5, 0.6) is 0 Å². The molecule has 0 aliphatic heterocycles. The van der Waals surface area contributed by atoms with Crippen LogP contribution in [-0.2, 0) is 0 Å². The average molecular weight is 391 g/mol. The minimum atomic E-state index is -0.306. The third kappa shape index (κ3) is 4.19. The summed E-state index contributed by atoms with van der Waals surface area (Å²) in [5.41, 5.74) is 1.42. The molecule has 0 heterocycles. The van der Waals surface area contributed by atoms with Gasteiger partial charge in [0, 0.05) is 15.1 Å². The van der Waals surface area contributed by atoms with Crippen molar-refractivity contribution in [3.8, 4) is 0 Å². The van der Waals surface area contributed by atoms with Gasteiger partial charge < -0.3 is 5.32 Å². The van der Waals surface area contributed by atoms with Crippen molar-refractivity contribution < 1.29 is 4.39 Å². The number of benzene rings is 2. The zero-order valence-corrected chi connectivity index (χ0v) is 14.6. The average Bonchev–Trinajstić information content (AvgIpc) is 2.44. The molecule has 1 atom stereocenters. The molecule has 0 aliphatic rings. The summed E-state index contributed by atoms with van der Waals surface area (Å²) < 4.78 is 14.9. The molecule has 1 N–H and O–H groups in total. The summed E-state index contributed by atoms with van der Waals surface area (Å²) in [6, 6.07) is 10.2. The Hall–Kier alpha value is -0.610. The number of rotatable bonds is 5. The topological polar surface area (TPSA) is 12.0 Å². The lowest BCUT2D eigenvalue weighted by Gasteiger charge is -2.21. The monoisotopic (exact) mass is 389 g/mol. The van der Waals surface area contributed by atoms with E-state index < -0.39 is 0 Å². The summed E-state index contributed by atoms with van der Waals surface area (Å²) in [7, 11) is 0. The molecule has 0 saturated carbocycles. The van der Waals surface area contributed by atoms with Crippen molar-refractivity contribution in [1.29, 1.82) is 0 Å². The van der Waals surface area contributed by atoms with Gasteiger partial charge in [-0.05, 0) is 58.7 Å². The van der Waals surface area contributed by atoms with E-state index in [9.17, 15) is 4.39 Å². The first-order valence-corrected chi connectivity index (χ1v) is 8.21. The normalized spacial score (nSPS) is 12.4. The third-order valence-corrected chi connectivity index (χ3v) is 4.56. The molecule has 0 fully saturated rings. The molecule has 1 unspecified atom stereocenters. The SMILES string of the molecule is CCCNC(c1cccc(Cl)c1)c1cc(Cl)c(Br)cc1F. The molecule has 21 heavy (non-hydrogen) atoms. The Labute approximate surface area is 142 Å². The van der Waals surface area contributed by atoms with Crippen LogP contribution < -0.4 is 5.32 Å². The molecule has 0 amide bonds. The highest BCUT2D eigenvalue weighted by Crippen LogP contribution is 2.32. The van der Waals surface area contributed by atoms with Gasteiger partial charge in [-0.3, -0.25) is 0 Å². The third-order valence-electron chi connectivity index (χ3n) is 3.13. The number of hydrogen-bond acceptors (Lipinski definition) is 1. The highest BCUT2D eigenvalue weighted by Gasteiger charge is 2.19. The highest BCUT2D eigenvalue weighted by atomic mass is 79.9. The summed E-state index contributed by atoms with van der Waals surface area (Å²) in [6.07, 6.45) is 0.947. The van der Waals surface area contributed by atoms with Crippen LogP contribution in [0.4, 0.5) is 4.39 Å². The fourth-order valence-electron chi connectivity index (χ4n) is 2.14. The maximum absolute atomic E-state index is 14.3. The van der Waals surface area contributed by atoms with E-state index in [1.165, 1.54) is 6.07 Å². The first-order valence-electron chi connectivity index (χ1n) is 6.66. The van der Waals surface area contributed by atoms with Gasteiger partial charge >= 0.3 is 0 Å². The molecule has 0 saturated heterocycles. The quantitative estimate of drug-likeness (QED) is 0.618. The molecular formula is C16H15BrCl2FN. The fraction of sp³-hybridized carbons (Fsp3) is 0.250. The van der Waals surface area contributed by atoms with E-state index in [4.69, 9.17) is 23.2 Å². The first-order chi connectivity index (χ1) is 10.0. The fourth-order valence-corrected chi connectivity index (χ4v) is 2.83. The van der Waals surface area contributed by atoms with Crippen LogP contribution in [0, 0.1) is 5.82 Å². The van der Waals surface area contributed by atoms with Gasteiger partial charge in [0.05, 0.1) is 11.1 Å². The number of hydrogen-bond donors (Lipinski definition) is 1. The molecule has 0 aliphatic carbocycles. The van der Waals surface area contributed by atoms with Crippen molar-refractivity contribution >= 4 is 39.1 Å². The van der Waals surface area contributed by atoms with Crippen LogP contribution >= 0.6 is 39.1 Å². The van der Waals surface area contributed by atoms with Crippen LogP contribution in [0.25, 0.3) is 0 Å². The lowest BCUT2D eigenvalue weighted by Crippen LogP contribution is -2.24. The van der Waals surface area contributed by atoms with Gasteiger partial charge in [0.25, 0.3) is 0 Å². The first kappa shape index (κ1) is 16.8. The van der Waals surface area contributed by atoms with Gasteiger partial charge in [-0.25, -0.2) is 4.39 Å². The van der Waals surface area contributed by atoms with Gasteiger partial charge in [0.15, 0.2) is 0 Å². The lowest BCUT2D eigenvalue weighted by molar-refractivity contribution is 0.546. The minimum absolute atomic E-state index is 0.283. The highest BCUT2D eigenvalue weighted by molar-refractivity contribution is 9.10. The van der Waals surface area contributed by atoms with Gasteiger partial charge in [0.1, 0.15) is 5.82 Å². The second kappa shape index (κ2) is 7.59. The van der Waals surface area contributed by atoms with Crippen LogP contribution in [0.1, 0.15) is 30.5 Å². The maximum atomic E-state index is 14.3. The smallest absolute Gasteiger partial charge is 0.129 e. The Morgan fingerprint density at radius 3 is 2.67 bits per heavy atom. The second-order valence-corrected chi connectivity index (χ2v) is 6.43. The zero-order chi connectivity index (χ0) is 15.4. The zero-order valence-electron chi connectivity index (χ0n) is 11.5. The summed E-state index contributed by atoms with van der Waals surface area (Å²) in [5.74, 6) is -0.306. The largest absolute Gasteiger partial charge is 0.306 e. The van der Waals surface area contributed by atoms with Gasteiger partial charge in [-0.2, -0.15) is 0 Å². The Kier molecular flexibility index (Phi) is 6.06. The Morgan fingerprint density at radius 1 is 1.24 bits per heavy atom. The molecular weight excluding hydrogens is 376 g/mol. The summed E-state index contributed by atoms with van der Waals surface area (Å²) >= 11 is 15.4. The van der Waals surface area contributed by atoms with Crippen LogP contribution in [0.2, 0.25) is 10.0 Å². The molecule has 5 heteroatoms. The van der Waals surface area contributed by atoms with E-state index in [0.717, 1.165) is 18.5 Å². The van der Waals surface area contributed by atoms with Crippen molar-refractivity contribution in [1.82, 2.24) is 5.32 Å². The van der Waals surface area contributed by atoms with Crippen LogP contribution in [0.3, 0.4) is 0 Å². The second-order valence-electron chi connectivity index (χ2n) is 4.73. The van der Waals surface area contributed by atoms with E-state index >= 15 is 0 Å². The predicted octanol–water partition coefficient (Wildman–Crippen LogP) is 5.98. The van der Waals surface area contributed by atoms with Gasteiger partial charge in [-0.1, -0.05) is 42.3 Å².